The van der Waals surface area contributed by atoms with Gasteiger partial charge in [0.2, 0.25) is 0 Å². The molecule has 0 fully saturated rings. The molecule has 1 aromatic rings. The summed E-state index contributed by atoms with van der Waals surface area (Å²) < 4.78 is 10.1. The molecule has 0 bridgehead atoms. The van der Waals surface area contributed by atoms with Gasteiger partial charge in [-0.2, -0.15) is 0 Å². The zero-order valence-electron chi connectivity index (χ0n) is 11.4. The lowest BCUT2D eigenvalue weighted by Crippen LogP contribution is -2.13. The number of rotatable bonds is 6. The van der Waals surface area contributed by atoms with Crippen LogP contribution in [0.15, 0.2) is 12.1 Å². The minimum Gasteiger partial charge on any atom is -0.462 e. The van der Waals surface area contributed by atoms with Crippen molar-refractivity contribution < 1.29 is 19.1 Å². The second kappa shape index (κ2) is 8.42. The van der Waals surface area contributed by atoms with E-state index in [1.54, 1.807) is 26.0 Å². The van der Waals surface area contributed by atoms with Crippen LogP contribution in [-0.4, -0.2) is 25.2 Å². The van der Waals surface area contributed by atoms with Gasteiger partial charge in [-0.3, -0.25) is 0 Å². The molecule has 0 aromatic heterocycles. The highest BCUT2D eigenvalue weighted by Gasteiger charge is 2.19. The number of carbonyl (C=O) groups excluding carboxylic acids is 2. The van der Waals surface area contributed by atoms with Crippen molar-refractivity contribution in [3.8, 4) is 0 Å². The van der Waals surface area contributed by atoms with Crippen molar-refractivity contribution >= 4 is 43.8 Å². The Kier molecular flexibility index (Phi) is 7.23. The lowest BCUT2D eigenvalue weighted by molar-refractivity contribution is 0.0510. The molecule has 0 aliphatic carbocycles. The van der Waals surface area contributed by atoms with Crippen LogP contribution >= 0.6 is 31.9 Å². The number of alkyl halides is 2. The third-order valence-electron chi connectivity index (χ3n) is 2.61. The maximum absolute atomic E-state index is 11.9. The average molecular weight is 408 g/mol. The molecule has 0 heterocycles. The summed E-state index contributed by atoms with van der Waals surface area (Å²) in [6.07, 6.45) is 0. The molecule has 0 spiro atoms. The maximum atomic E-state index is 11.9. The van der Waals surface area contributed by atoms with Gasteiger partial charge in [0, 0.05) is 10.7 Å². The van der Waals surface area contributed by atoms with Crippen LogP contribution in [0.2, 0.25) is 0 Å². The first-order valence-electron chi connectivity index (χ1n) is 6.20. The van der Waals surface area contributed by atoms with Crippen molar-refractivity contribution in [2.45, 2.75) is 24.5 Å². The zero-order valence-corrected chi connectivity index (χ0v) is 14.5. The topological polar surface area (TPSA) is 52.6 Å². The summed E-state index contributed by atoms with van der Waals surface area (Å²) in [6, 6.07) is 3.35. The summed E-state index contributed by atoms with van der Waals surface area (Å²) >= 11 is 6.65. The van der Waals surface area contributed by atoms with E-state index in [-0.39, 0.29) is 11.9 Å². The molecule has 0 saturated carbocycles. The summed E-state index contributed by atoms with van der Waals surface area (Å²) in [4.78, 5) is 23.8. The van der Waals surface area contributed by atoms with Crippen molar-refractivity contribution in [3.63, 3.8) is 0 Å². The molecular weight excluding hydrogens is 392 g/mol. The highest BCUT2D eigenvalue weighted by Crippen LogP contribution is 2.23. The van der Waals surface area contributed by atoms with Crippen LogP contribution in [0.3, 0.4) is 0 Å². The molecule has 110 valence electrons. The van der Waals surface area contributed by atoms with Crippen LogP contribution in [-0.2, 0) is 20.1 Å². The van der Waals surface area contributed by atoms with E-state index in [2.05, 4.69) is 31.9 Å². The van der Waals surface area contributed by atoms with Crippen molar-refractivity contribution in [1.29, 1.82) is 0 Å². The third kappa shape index (κ3) is 4.06. The molecule has 0 amide bonds. The Morgan fingerprint density at radius 3 is 1.50 bits per heavy atom. The van der Waals surface area contributed by atoms with Gasteiger partial charge in [0.05, 0.1) is 24.3 Å². The van der Waals surface area contributed by atoms with Crippen molar-refractivity contribution in [3.05, 3.63) is 34.4 Å². The van der Waals surface area contributed by atoms with Gasteiger partial charge < -0.3 is 9.47 Å². The molecule has 4 nitrogen and oxygen atoms in total. The van der Waals surface area contributed by atoms with E-state index >= 15 is 0 Å². The quantitative estimate of drug-likeness (QED) is 0.531. The Bertz CT molecular complexity index is 454. The summed E-state index contributed by atoms with van der Waals surface area (Å²) in [5.74, 6) is -0.779. The summed E-state index contributed by atoms with van der Waals surface area (Å²) in [6.45, 7) is 4.13. The Morgan fingerprint density at radius 2 is 1.25 bits per heavy atom. The van der Waals surface area contributed by atoms with Crippen molar-refractivity contribution in [2.24, 2.45) is 0 Å². The van der Waals surface area contributed by atoms with Crippen LogP contribution in [0.25, 0.3) is 0 Å². The molecule has 1 aromatic carbocycles. The molecule has 0 unspecified atom stereocenters. The number of hydrogen-bond donors (Lipinski definition) is 0. The average Bonchev–Trinajstić information content (AvgIpc) is 2.46. The maximum Gasteiger partial charge on any atom is 0.338 e. The summed E-state index contributed by atoms with van der Waals surface area (Å²) in [7, 11) is 0. The van der Waals surface area contributed by atoms with E-state index in [9.17, 15) is 9.59 Å². The minimum atomic E-state index is -0.389. The predicted octanol–water partition coefficient (Wildman–Crippen LogP) is 3.83. The van der Waals surface area contributed by atoms with Crippen LogP contribution < -0.4 is 0 Å². The van der Waals surface area contributed by atoms with Gasteiger partial charge in [-0.1, -0.05) is 31.9 Å². The lowest BCUT2D eigenvalue weighted by atomic mass is 10.00. The Morgan fingerprint density at radius 1 is 0.900 bits per heavy atom. The molecule has 0 aliphatic heterocycles. The molecule has 0 radical (unpaired) electrons. The smallest absolute Gasteiger partial charge is 0.338 e. The van der Waals surface area contributed by atoms with E-state index in [0.717, 1.165) is 0 Å². The first-order chi connectivity index (χ1) is 9.58. The number of carbonyl (C=O) groups is 2. The number of halogens is 2. The fraction of sp³-hybridized carbons (Fsp3) is 0.429. The van der Waals surface area contributed by atoms with Gasteiger partial charge in [0.1, 0.15) is 0 Å². The SMILES string of the molecule is CCOC(=O)c1cc(CBr)c(C(=O)OCC)cc1CBr. The monoisotopic (exact) mass is 406 g/mol. The van der Waals surface area contributed by atoms with E-state index < -0.39 is 0 Å². The standard InChI is InChI=1S/C14H16Br2O4/c1-3-19-13(17)11-5-10(8-16)12(6-9(11)7-15)14(18)20-4-2/h5-6H,3-4,7-8H2,1-2H3. The molecular formula is C14H16Br2O4. The van der Waals surface area contributed by atoms with Crippen LogP contribution in [0.5, 0.6) is 0 Å². The fourth-order valence-corrected chi connectivity index (χ4v) is 2.64. The largest absolute Gasteiger partial charge is 0.462 e. The van der Waals surface area contributed by atoms with Crippen LogP contribution in [0, 0.1) is 0 Å². The highest BCUT2D eigenvalue weighted by atomic mass is 79.9. The summed E-state index contributed by atoms with van der Waals surface area (Å²) in [5, 5.41) is 0.909. The second-order valence-corrected chi connectivity index (χ2v) is 5.00. The molecule has 0 N–H and O–H groups in total. The Balaban J connectivity index is 3.30. The van der Waals surface area contributed by atoms with E-state index in [1.165, 1.54) is 0 Å². The number of benzene rings is 1. The fourth-order valence-electron chi connectivity index (χ4n) is 1.71. The van der Waals surface area contributed by atoms with E-state index in [1.807, 2.05) is 0 Å². The molecule has 6 heteroatoms. The van der Waals surface area contributed by atoms with E-state index in [4.69, 9.17) is 9.47 Å². The number of hydrogen-bond acceptors (Lipinski definition) is 4. The number of esters is 2. The molecule has 0 saturated heterocycles. The van der Waals surface area contributed by atoms with Crippen LogP contribution in [0.4, 0.5) is 0 Å². The second-order valence-electron chi connectivity index (χ2n) is 3.87. The highest BCUT2D eigenvalue weighted by molar-refractivity contribution is 9.08. The van der Waals surface area contributed by atoms with Gasteiger partial charge in [-0.25, -0.2) is 9.59 Å². The first-order valence-corrected chi connectivity index (χ1v) is 8.45. The molecule has 0 atom stereocenters. The van der Waals surface area contributed by atoms with Gasteiger partial charge >= 0.3 is 11.9 Å². The molecule has 0 aliphatic rings. The minimum absolute atomic E-state index is 0.309. The van der Waals surface area contributed by atoms with Gasteiger partial charge in [-0.05, 0) is 37.1 Å². The first kappa shape index (κ1) is 17.2. The van der Waals surface area contributed by atoms with Crippen molar-refractivity contribution in [1.82, 2.24) is 0 Å². The van der Waals surface area contributed by atoms with Gasteiger partial charge in [-0.15, -0.1) is 0 Å². The normalized spacial score (nSPS) is 10.2. The van der Waals surface area contributed by atoms with Crippen LogP contribution in [0.1, 0.15) is 45.7 Å². The molecule has 1 rings (SSSR count). The van der Waals surface area contributed by atoms with E-state index in [0.29, 0.717) is 46.1 Å². The predicted molar refractivity (Wildman–Crippen MR) is 83.6 cm³/mol. The summed E-state index contributed by atoms with van der Waals surface area (Å²) in [5.41, 5.74) is 2.34. The molecule has 20 heavy (non-hydrogen) atoms. The van der Waals surface area contributed by atoms with Gasteiger partial charge in [0.15, 0.2) is 0 Å². The van der Waals surface area contributed by atoms with Crippen molar-refractivity contribution in [2.75, 3.05) is 13.2 Å². The Hall–Kier alpha value is -0.880. The lowest BCUT2D eigenvalue weighted by Gasteiger charge is -2.13. The van der Waals surface area contributed by atoms with Gasteiger partial charge in [0.25, 0.3) is 0 Å². The third-order valence-corrected chi connectivity index (χ3v) is 3.82. The zero-order chi connectivity index (χ0) is 15.1. The number of ether oxygens (including phenoxy) is 2. The Labute approximate surface area is 135 Å².